The summed E-state index contributed by atoms with van der Waals surface area (Å²) in [5, 5.41) is 20.4. The van der Waals surface area contributed by atoms with Crippen molar-refractivity contribution in [3.63, 3.8) is 0 Å². The number of fused-ring (bicyclic) bond motifs is 1. The lowest BCUT2D eigenvalue weighted by molar-refractivity contribution is 0.0869. The highest BCUT2D eigenvalue weighted by atomic mass is 16.7. The molecule has 0 aliphatic carbocycles. The van der Waals surface area contributed by atoms with Crippen LogP contribution in [0.1, 0.15) is 31.1 Å². The smallest absolute Gasteiger partial charge is 0.231 e. The number of aromatic hydroxyl groups is 1. The van der Waals surface area contributed by atoms with Gasteiger partial charge in [-0.05, 0) is 53.6 Å². The van der Waals surface area contributed by atoms with Crippen LogP contribution in [0.5, 0.6) is 23.0 Å². The molecule has 0 radical (unpaired) electrons. The zero-order valence-corrected chi connectivity index (χ0v) is 14.7. The lowest BCUT2D eigenvalue weighted by atomic mass is 9.83. The molecule has 5 heteroatoms. The van der Waals surface area contributed by atoms with E-state index in [0.717, 1.165) is 29.0 Å². The van der Waals surface area contributed by atoms with E-state index >= 15 is 0 Å². The highest BCUT2D eigenvalue weighted by Gasteiger charge is 2.24. The first-order chi connectivity index (χ1) is 12.0. The summed E-state index contributed by atoms with van der Waals surface area (Å²) in [6, 6.07) is 10.9. The molecule has 5 nitrogen and oxygen atoms in total. The van der Waals surface area contributed by atoms with E-state index in [1.165, 1.54) is 7.11 Å². The zero-order valence-electron chi connectivity index (χ0n) is 14.7. The fourth-order valence-corrected chi connectivity index (χ4v) is 3.12. The summed E-state index contributed by atoms with van der Waals surface area (Å²) >= 11 is 0. The van der Waals surface area contributed by atoms with Crippen LogP contribution in [0.25, 0.3) is 0 Å². The molecule has 2 N–H and O–H groups in total. The van der Waals surface area contributed by atoms with Gasteiger partial charge in [0.25, 0.3) is 0 Å². The minimum absolute atomic E-state index is 0.0275. The molecular weight excluding hydrogens is 320 g/mol. The lowest BCUT2D eigenvalue weighted by Crippen LogP contribution is -2.19. The topological polar surface area (TPSA) is 68.2 Å². The number of hydrogen-bond acceptors (Lipinski definition) is 5. The molecule has 0 amide bonds. The molecule has 3 rings (SSSR count). The molecule has 0 bridgehead atoms. The molecule has 25 heavy (non-hydrogen) atoms. The number of phenolic OH excluding ortho intramolecular Hbond substituents is 1. The summed E-state index contributed by atoms with van der Waals surface area (Å²) in [4.78, 5) is 0. The molecule has 134 valence electrons. The van der Waals surface area contributed by atoms with Gasteiger partial charge in [0, 0.05) is 0 Å². The second-order valence-corrected chi connectivity index (χ2v) is 6.60. The summed E-state index contributed by atoms with van der Waals surface area (Å²) in [5.41, 5.74) is 1.89. The number of rotatable bonds is 6. The number of phenols is 1. The van der Waals surface area contributed by atoms with E-state index in [4.69, 9.17) is 14.2 Å². The van der Waals surface area contributed by atoms with Crippen LogP contribution in [-0.2, 0) is 6.42 Å². The minimum Gasteiger partial charge on any atom is -0.504 e. The van der Waals surface area contributed by atoms with Crippen LogP contribution in [0.2, 0.25) is 0 Å². The van der Waals surface area contributed by atoms with E-state index < -0.39 is 6.10 Å². The quantitative estimate of drug-likeness (QED) is 0.837. The Hall–Kier alpha value is -2.40. The van der Waals surface area contributed by atoms with Gasteiger partial charge in [0.15, 0.2) is 23.0 Å². The lowest BCUT2D eigenvalue weighted by Gasteiger charge is -2.26. The van der Waals surface area contributed by atoms with Gasteiger partial charge in [0.05, 0.1) is 13.2 Å². The molecule has 2 aromatic rings. The van der Waals surface area contributed by atoms with Crippen LogP contribution >= 0.6 is 0 Å². The monoisotopic (exact) mass is 344 g/mol. The average molecular weight is 344 g/mol. The zero-order chi connectivity index (χ0) is 18.0. The molecule has 0 spiro atoms. The van der Waals surface area contributed by atoms with Gasteiger partial charge in [-0.15, -0.1) is 0 Å². The number of methoxy groups -OCH3 is 1. The molecule has 0 aromatic heterocycles. The van der Waals surface area contributed by atoms with Crippen molar-refractivity contribution < 1.29 is 24.4 Å². The van der Waals surface area contributed by atoms with Crippen molar-refractivity contribution in [1.82, 2.24) is 0 Å². The molecule has 0 fully saturated rings. The van der Waals surface area contributed by atoms with Gasteiger partial charge >= 0.3 is 0 Å². The molecule has 0 saturated heterocycles. The normalized spacial score (nSPS) is 16.3. The van der Waals surface area contributed by atoms with Crippen molar-refractivity contribution in [3.05, 3.63) is 47.5 Å². The number of ether oxygens (including phenoxy) is 3. The third-order valence-corrected chi connectivity index (χ3v) is 4.94. The highest BCUT2D eigenvalue weighted by molar-refractivity contribution is 5.45. The third-order valence-electron chi connectivity index (χ3n) is 4.94. The predicted octanol–water partition coefficient (Wildman–Crippen LogP) is 3.68. The van der Waals surface area contributed by atoms with E-state index in [1.807, 2.05) is 25.1 Å². The molecule has 2 aromatic carbocycles. The number of hydrogen-bond donors (Lipinski definition) is 2. The second kappa shape index (κ2) is 7.23. The average Bonchev–Trinajstić information content (AvgIpc) is 3.08. The summed E-state index contributed by atoms with van der Waals surface area (Å²) < 4.78 is 15.9. The van der Waals surface area contributed by atoms with Crippen molar-refractivity contribution >= 4 is 0 Å². The summed E-state index contributed by atoms with van der Waals surface area (Å²) in [5.74, 6) is 2.27. The maximum Gasteiger partial charge on any atom is 0.231 e. The van der Waals surface area contributed by atoms with Gasteiger partial charge in [0.2, 0.25) is 6.79 Å². The first kappa shape index (κ1) is 17.4. The van der Waals surface area contributed by atoms with E-state index in [0.29, 0.717) is 5.75 Å². The fourth-order valence-electron chi connectivity index (χ4n) is 3.12. The molecule has 3 atom stereocenters. The van der Waals surface area contributed by atoms with E-state index in [2.05, 4.69) is 6.92 Å². The Balaban J connectivity index is 1.70. The van der Waals surface area contributed by atoms with Gasteiger partial charge in [-0.3, -0.25) is 0 Å². The number of aliphatic hydroxyl groups excluding tert-OH is 1. The van der Waals surface area contributed by atoms with Gasteiger partial charge in [0.1, 0.15) is 0 Å². The molecular formula is C20H24O5. The number of benzene rings is 2. The highest BCUT2D eigenvalue weighted by Crippen LogP contribution is 2.36. The van der Waals surface area contributed by atoms with Crippen LogP contribution in [0.4, 0.5) is 0 Å². The molecule has 0 unspecified atom stereocenters. The Morgan fingerprint density at radius 1 is 1.08 bits per heavy atom. The first-order valence-corrected chi connectivity index (χ1v) is 8.43. The number of aliphatic hydroxyl groups is 1. The Bertz CT molecular complexity index is 743. The Kier molecular flexibility index (Phi) is 5.04. The van der Waals surface area contributed by atoms with Gasteiger partial charge in [-0.2, -0.15) is 0 Å². The molecule has 1 heterocycles. The van der Waals surface area contributed by atoms with Crippen LogP contribution in [0.3, 0.4) is 0 Å². The minimum atomic E-state index is -0.640. The van der Waals surface area contributed by atoms with Crippen molar-refractivity contribution in [3.8, 4) is 23.0 Å². The van der Waals surface area contributed by atoms with Crippen LogP contribution in [0, 0.1) is 11.8 Å². The Morgan fingerprint density at radius 2 is 1.84 bits per heavy atom. The van der Waals surface area contributed by atoms with Gasteiger partial charge in [-0.25, -0.2) is 0 Å². The van der Waals surface area contributed by atoms with Crippen molar-refractivity contribution in [2.75, 3.05) is 13.9 Å². The van der Waals surface area contributed by atoms with Crippen molar-refractivity contribution in [1.29, 1.82) is 0 Å². The van der Waals surface area contributed by atoms with Crippen LogP contribution < -0.4 is 14.2 Å². The van der Waals surface area contributed by atoms with E-state index in [9.17, 15) is 10.2 Å². The summed E-state index contributed by atoms with van der Waals surface area (Å²) in [7, 11) is 1.50. The van der Waals surface area contributed by atoms with Crippen LogP contribution in [0.15, 0.2) is 36.4 Å². The maximum atomic E-state index is 10.7. The summed E-state index contributed by atoms with van der Waals surface area (Å²) in [6.45, 7) is 4.42. The van der Waals surface area contributed by atoms with E-state index in [-0.39, 0.29) is 24.4 Å². The van der Waals surface area contributed by atoms with E-state index in [1.54, 1.807) is 18.2 Å². The maximum absolute atomic E-state index is 10.7. The van der Waals surface area contributed by atoms with Gasteiger partial charge in [-0.1, -0.05) is 26.0 Å². The standard InChI is InChI=1S/C20H24O5/c1-12(8-14-4-7-17-19(9-14)25-11-24-17)13(2)20(22)15-5-6-16(21)18(10-15)23-3/h4-7,9-10,12-13,20-22H,8,11H2,1-3H3/t12-,13-,20+/m0/s1. The van der Waals surface area contributed by atoms with Crippen molar-refractivity contribution in [2.45, 2.75) is 26.4 Å². The second-order valence-electron chi connectivity index (χ2n) is 6.60. The summed E-state index contributed by atoms with van der Waals surface area (Å²) in [6.07, 6.45) is 0.183. The SMILES string of the molecule is COc1cc([C@H](O)[C@@H](C)[C@@H](C)Cc2ccc3c(c2)OCO3)ccc1O. The Morgan fingerprint density at radius 3 is 2.60 bits per heavy atom. The molecule has 1 aliphatic rings. The van der Waals surface area contributed by atoms with Crippen molar-refractivity contribution in [2.24, 2.45) is 11.8 Å². The predicted molar refractivity (Wildman–Crippen MR) is 94.2 cm³/mol. The fraction of sp³-hybridized carbons (Fsp3) is 0.400. The molecule has 0 saturated carbocycles. The largest absolute Gasteiger partial charge is 0.504 e. The van der Waals surface area contributed by atoms with Crippen LogP contribution in [-0.4, -0.2) is 24.1 Å². The Labute approximate surface area is 147 Å². The van der Waals surface area contributed by atoms with Gasteiger partial charge < -0.3 is 24.4 Å². The molecule has 1 aliphatic heterocycles. The third kappa shape index (κ3) is 3.66. The first-order valence-electron chi connectivity index (χ1n) is 8.43.